The molecule has 9 heteroatoms. The van der Waals surface area contributed by atoms with E-state index in [4.69, 9.17) is 0 Å². The lowest BCUT2D eigenvalue weighted by Gasteiger charge is -2.19. The van der Waals surface area contributed by atoms with Crippen LogP contribution in [0.25, 0.3) is 0 Å². The summed E-state index contributed by atoms with van der Waals surface area (Å²) in [5.41, 5.74) is -0.0448. The maximum absolute atomic E-state index is 13.3. The van der Waals surface area contributed by atoms with Gasteiger partial charge in [-0.2, -0.15) is 8.42 Å². The van der Waals surface area contributed by atoms with E-state index in [1.54, 1.807) is 0 Å². The van der Waals surface area contributed by atoms with Gasteiger partial charge in [0, 0.05) is 18.9 Å². The minimum atomic E-state index is -4.70. The quantitative estimate of drug-likeness (QED) is 0.612. The number of anilines is 1. The molecule has 0 aromatic heterocycles. The van der Waals surface area contributed by atoms with Gasteiger partial charge < -0.3 is 9.64 Å². The molecule has 1 aromatic carbocycles. The number of ether oxygens (including phenoxy) is 1. The number of amides is 1. The Morgan fingerprint density at radius 3 is 2.73 bits per heavy atom. The van der Waals surface area contributed by atoms with Crippen LogP contribution < -0.4 is 4.90 Å². The molecule has 1 fully saturated rings. The van der Waals surface area contributed by atoms with Crippen LogP contribution in [0.4, 0.5) is 14.0 Å². The van der Waals surface area contributed by atoms with Crippen LogP contribution in [0.5, 0.6) is 0 Å². The van der Waals surface area contributed by atoms with Gasteiger partial charge in [-0.1, -0.05) is 0 Å². The molecule has 2 rings (SSSR count). The van der Waals surface area contributed by atoms with Crippen LogP contribution >= 0.6 is 0 Å². The van der Waals surface area contributed by atoms with Gasteiger partial charge in [-0.3, -0.25) is 4.79 Å². The predicted molar refractivity (Wildman–Crippen MR) is 73.1 cm³/mol. The Balaban J connectivity index is 2.32. The first-order valence-corrected chi connectivity index (χ1v) is 7.87. The van der Waals surface area contributed by atoms with E-state index in [1.807, 2.05) is 0 Å². The number of methoxy groups -OCH3 is 1. The summed E-state index contributed by atoms with van der Waals surface area (Å²) in [6, 6.07) is 3.22. The largest absolute Gasteiger partial charge is 0.465 e. The van der Waals surface area contributed by atoms with Crippen LogP contribution in [0.2, 0.25) is 0 Å². The average molecular weight is 333 g/mol. The number of rotatable bonds is 4. The van der Waals surface area contributed by atoms with Gasteiger partial charge in [0.1, 0.15) is 5.82 Å². The number of carbonyl (C=O) groups excluding carboxylic acids is 2. The molecule has 1 heterocycles. The summed E-state index contributed by atoms with van der Waals surface area (Å²) in [6.45, 7) is -0.0718. The van der Waals surface area contributed by atoms with Crippen molar-refractivity contribution in [2.75, 3.05) is 24.3 Å². The van der Waals surface area contributed by atoms with E-state index in [-0.39, 0.29) is 24.2 Å². The minimum absolute atomic E-state index is 0.0718. The smallest absolute Gasteiger partial charge is 0.340 e. The van der Waals surface area contributed by atoms with Crippen molar-refractivity contribution in [3.05, 3.63) is 29.6 Å². The first-order chi connectivity index (χ1) is 10.2. The van der Waals surface area contributed by atoms with Gasteiger partial charge in [0.15, 0.2) is 0 Å². The molecule has 1 saturated heterocycles. The maximum atomic E-state index is 13.3. The second kappa shape index (κ2) is 5.99. The number of carbonyl (C=O) groups is 2. The van der Waals surface area contributed by atoms with Crippen LogP contribution in [0.1, 0.15) is 16.8 Å². The summed E-state index contributed by atoms with van der Waals surface area (Å²) >= 11 is 0. The minimum Gasteiger partial charge on any atom is -0.465 e. The third-order valence-corrected chi connectivity index (χ3v) is 4.16. The molecule has 1 unspecified atom stereocenters. The van der Waals surface area contributed by atoms with Crippen molar-refractivity contribution in [3.8, 4) is 0 Å². The van der Waals surface area contributed by atoms with Crippen molar-refractivity contribution in [2.45, 2.75) is 6.42 Å². The normalized spacial score (nSPS) is 18.6. The Morgan fingerprint density at radius 1 is 1.45 bits per heavy atom. The standard InChI is InChI=1S/C13H13F2NO5S/c1-21-13(18)10-5-9(14)2-3-11(10)16-6-8(4-12(16)17)7-22(15,19)20/h2-3,5,8H,4,6-7H2,1H3. The topological polar surface area (TPSA) is 80.8 Å². The van der Waals surface area contributed by atoms with Gasteiger partial charge in [0.2, 0.25) is 5.91 Å². The van der Waals surface area contributed by atoms with Crippen LogP contribution in [-0.4, -0.2) is 39.7 Å². The molecule has 1 aromatic rings. The molecule has 6 nitrogen and oxygen atoms in total. The third kappa shape index (κ3) is 3.59. The summed E-state index contributed by atoms with van der Waals surface area (Å²) in [4.78, 5) is 24.8. The molecule has 0 radical (unpaired) electrons. The molecular formula is C13H13F2NO5S. The van der Waals surface area contributed by atoms with E-state index >= 15 is 0 Å². The molecule has 0 N–H and O–H groups in total. The number of hydrogen-bond donors (Lipinski definition) is 0. The lowest BCUT2D eigenvalue weighted by molar-refractivity contribution is -0.117. The van der Waals surface area contributed by atoms with Crippen molar-refractivity contribution in [1.29, 1.82) is 0 Å². The molecular weight excluding hydrogens is 320 g/mol. The summed E-state index contributed by atoms with van der Waals surface area (Å²) in [5.74, 6) is -3.48. The zero-order valence-corrected chi connectivity index (χ0v) is 12.4. The Hall–Kier alpha value is -2.03. The molecule has 0 bridgehead atoms. The number of benzene rings is 1. The highest BCUT2D eigenvalue weighted by Crippen LogP contribution is 2.30. The fourth-order valence-corrected chi connectivity index (χ4v) is 3.21. The molecule has 1 aliphatic rings. The lowest BCUT2D eigenvalue weighted by atomic mass is 10.1. The molecule has 22 heavy (non-hydrogen) atoms. The summed E-state index contributed by atoms with van der Waals surface area (Å²) < 4.78 is 51.9. The zero-order chi connectivity index (χ0) is 16.5. The fraction of sp³-hybridized carbons (Fsp3) is 0.385. The van der Waals surface area contributed by atoms with Gasteiger partial charge >= 0.3 is 16.2 Å². The van der Waals surface area contributed by atoms with Crippen LogP contribution in [-0.2, 0) is 19.8 Å². The molecule has 0 saturated carbocycles. The van der Waals surface area contributed by atoms with Gasteiger partial charge in [-0.05, 0) is 18.2 Å². The summed E-state index contributed by atoms with van der Waals surface area (Å²) in [5, 5.41) is 0. The van der Waals surface area contributed by atoms with Crippen molar-refractivity contribution in [3.63, 3.8) is 0 Å². The molecule has 0 aliphatic carbocycles. The van der Waals surface area contributed by atoms with E-state index in [0.29, 0.717) is 0 Å². The van der Waals surface area contributed by atoms with Crippen molar-refractivity contribution in [1.82, 2.24) is 0 Å². The Kier molecular flexibility index (Phi) is 4.45. The number of nitrogens with zero attached hydrogens (tertiary/aromatic N) is 1. The van der Waals surface area contributed by atoms with Crippen molar-refractivity contribution < 1.29 is 31.0 Å². The van der Waals surface area contributed by atoms with Crippen LogP contribution in [0.15, 0.2) is 18.2 Å². The van der Waals surface area contributed by atoms with E-state index in [1.165, 1.54) is 6.07 Å². The number of halogens is 2. The fourth-order valence-electron chi connectivity index (χ4n) is 2.42. The third-order valence-electron chi connectivity index (χ3n) is 3.29. The van der Waals surface area contributed by atoms with Crippen LogP contribution in [0.3, 0.4) is 0 Å². The molecule has 120 valence electrons. The highest BCUT2D eigenvalue weighted by Gasteiger charge is 2.35. The molecule has 1 aliphatic heterocycles. The first-order valence-electron chi connectivity index (χ1n) is 6.32. The second-order valence-corrected chi connectivity index (χ2v) is 6.34. The monoisotopic (exact) mass is 333 g/mol. The Labute approximate surface area is 125 Å². The molecule has 1 atom stereocenters. The van der Waals surface area contributed by atoms with Gasteiger partial charge in [0.25, 0.3) is 0 Å². The van der Waals surface area contributed by atoms with Gasteiger partial charge in [-0.25, -0.2) is 9.18 Å². The second-order valence-electron chi connectivity index (χ2n) is 4.93. The lowest BCUT2D eigenvalue weighted by Crippen LogP contribution is -2.27. The zero-order valence-electron chi connectivity index (χ0n) is 11.6. The van der Waals surface area contributed by atoms with Crippen LogP contribution in [0, 0.1) is 11.7 Å². The Morgan fingerprint density at radius 2 is 2.14 bits per heavy atom. The number of hydrogen-bond acceptors (Lipinski definition) is 5. The van der Waals surface area contributed by atoms with Crippen molar-refractivity contribution >= 4 is 27.8 Å². The SMILES string of the molecule is COC(=O)c1cc(F)ccc1N1CC(CS(=O)(=O)F)CC1=O. The van der Waals surface area contributed by atoms with Gasteiger partial charge in [0.05, 0.1) is 24.1 Å². The molecule has 0 spiro atoms. The predicted octanol–water partition coefficient (Wildman–Crippen LogP) is 1.26. The molecule has 1 amide bonds. The maximum Gasteiger partial charge on any atom is 0.340 e. The highest BCUT2D eigenvalue weighted by molar-refractivity contribution is 7.86. The average Bonchev–Trinajstić information content (AvgIpc) is 2.76. The number of esters is 1. The van der Waals surface area contributed by atoms with E-state index < -0.39 is 39.6 Å². The first kappa shape index (κ1) is 16.3. The van der Waals surface area contributed by atoms with Crippen molar-refractivity contribution in [2.24, 2.45) is 5.92 Å². The van der Waals surface area contributed by atoms with E-state index in [9.17, 15) is 26.3 Å². The van der Waals surface area contributed by atoms with Gasteiger partial charge in [-0.15, -0.1) is 3.89 Å². The summed E-state index contributed by atoms with van der Waals surface area (Å²) in [6.07, 6.45) is -0.166. The highest BCUT2D eigenvalue weighted by atomic mass is 32.3. The Bertz CT molecular complexity index is 719. The summed E-state index contributed by atoms with van der Waals surface area (Å²) in [7, 11) is -3.59. The van der Waals surface area contributed by atoms with E-state index in [0.717, 1.165) is 24.1 Å². The van der Waals surface area contributed by atoms with E-state index in [2.05, 4.69) is 4.74 Å².